The molecule has 1 nitrogen and oxygen atoms in total. The van der Waals surface area contributed by atoms with E-state index in [0.717, 1.165) is 0 Å². The monoisotopic (exact) mass is 198 g/mol. The van der Waals surface area contributed by atoms with Gasteiger partial charge in [0.25, 0.3) is 0 Å². The summed E-state index contributed by atoms with van der Waals surface area (Å²) in [6.45, 7) is 1.88. The van der Waals surface area contributed by atoms with Gasteiger partial charge in [-0.25, -0.2) is 4.39 Å². The van der Waals surface area contributed by atoms with Crippen molar-refractivity contribution >= 4 is 17.4 Å². The van der Waals surface area contributed by atoms with Gasteiger partial charge in [-0.3, -0.25) is 4.79 Å². The molecular formula is C10H8ClFO. The Labute approximate surface area is 80.5 Å². The molecule has 0 bridgehead atoms. The minimum absolute atomic E-state index is 0.0469. The third-order valence-corrected chi connectivity index (χ3v) is 2.80. The molecule has 0 spiro atoms. The van der Waals surface area contributed by atoms with Crippen LogP contribution in [0.25, 0.3) is 0 Å². The summed E-state index contributed by atoms with van der Waals surface area (Å²) >= 11 is 5.77. The number of ketones is 1. The summed E-state index contributed by atoms with van der Waals surface area (Å²) in [7, 11) is 0. The second-order valence-electron chi connectivity index (χ2n) is 3.35. The Hall–Kier alpha value is -0.890. The van der Waals surface area contributed by atoms with E-state index in [9.17, 15) is 9.18 Å². The Morgan fingerprint density at radius 3 is 2.92 bits per heavy atom. The number of carbonyl (C=O) groups is 1. The van der Waals surface area contributed by atoms with Crippen molar-refractivity contribution in [1.82, 2.24) is 0 Å². The summed E-state index contributed by atoms with van der Waals surface area (Å²) in [5.41, 5.74) is 1.26. The largest absolute Gasteiger partial charge is 0.294 e. The molecule has 0 aliphatic heterocycles. The predicted molar refractivity (Wildman–Crippen MR) is 48.8 cm³/mol. The third-order valence-electron chi connectivity index (χ3n) is 2.42. The van der Waals surface area contributed by atoms with Crippen molar-refractivity contribution < 1.29 is 9.18 Å². The summed E-state index contributed by atoms with van der Waals surface area (Å²) in [5, 5.41) is 0.107. The van der Waals surface area contributed by atoms with Crippen LogP contribution in [0, 0.1) is 5.82 Å². The summed E-state index contributed by atoms with van der Waals surface area (Å²) in [5.74, 6) is -0.336. The SMILES string of the molecule is CC1CC(=O)c2ccc(F)c(Cl)c21. The Morgan fingerprint density at radius 2 is 2.23 bits per heavy atom. The fourth-order valence-corrected chi connectivity index (χ4v) is 2.13. The lowest BCUT2D eigenvalue weighted by atomic mass is 10.0. The number of hydrogen-bond acceptors (Lipinski definition) is 1. The van der Waals surface area contributed by atoms with E-state index >= 15 is 0 Å². The van der Waals surface area contributed by atoms with E-state index in [2.05, 4.69) is 0 Å². The molecule has 13 heavy (non-hydrogen) atoms. The van der Waals surface area contributed by atoms with Gasteiger partial charge in [0.2, 0.25) is 0 Å². The lowest BCUT2D eigenvalue weighted by Crippen LogP contribution is -1.92. The maximum absolute atomic E-state index is 13.0. The quantitative estimate of drug-likeness (QED) is 0.626. The highest BCUT2D eigenvalue weighted by molar-refractivity contribution is 6.32. The van der Waals surface area contributed by atoms with Gasteiger partial charge in [0.05, 0.1) is 5.02 Å². The third kappa shape index (κ3) is 1.17. The number of hydrogen-bond donors (Lipinski definition) is 0. The fraction of sp³-hybridized carbons (Fsp3) is 0.300. The predicted octanol–water partition coefficient (Wildman–Crippen LogP) is 3.17. The van der Waals surface area contributed by atoms with Gasteiger partial charge in [0, 0.05) is 12.0 Å². The number of rotatable bonds is 0. The molecule has 1 aliphatic rings. The van der Waals surface area contributed by atoms with Crippen molar-refractivity contribution in [1.29, 1.82) is 0 Å². The molecule has 1 aliphatic carbocycles. The average Bonchev–Trinajstić information content (AvgIpc) is 2.35. The van der Waals surface area contributed by atoms with Crippen LogP contribution in [-0.2, 0) is 0 Å². The number of benzene rings is 1. The lowest BCUT2D eigenvalue weighted by molar-refractivity contribution is 0.0990. The van der Waals surface area contributed by atoms with E-state index in [1.54, 1.807) is 0 Å². The smallest absolute Gasteiger partial charge is 0.163 e. The highest BCUT2D eigenvalue weighted by Gasteiger charge is 2.29. The normalized spacial score (nSPS) is 20.5. The number of halogens is 2. The Bertz CT molecular complexity index is 387. The zero-order valence-corrected chi connectivity index (χ0v) is 7.86. The molecule has 0 fully saturated rings. The molecule has 0 N–H and O–H groups in total. The first-order chi connectivity index (χ1) is 6.11. The van der Waals surface area contributed by atoms with Crippen LogP contribution in [0.4, 0.5) is 4.39 Å². The van der Waals surface area contributed by atoms with Crippen LogP contribution in [0.5, 0.6) is 0 Å². The first-order valence-electron chi connectivity index (χ1n) is 4.12. The van der Waals surface area contributed by atoms with E-state index in [4.69, 9.17) is 11.6 Å². The van der Waals surface area contributed by atoms with Crippen LogP contribution in [0.15, 0.2) is 12.1 Å². The van der Waals surface area contributed by atoms with Crippen molar-refractivity contribution in [3.05, 3.63) is 34.1 Å². The second-order valence-corrected chi connectivity index (χ2v) is 3.73. The van der Waals surface area contributed by atoms with E-state index in [-0.39, 0.29) is 16.7 Å². The summed E-state index contributed by atoms with van der Waals surface area (Å²) in [6, 6.07) is 2.76. The van der Waals surface area contributed by atoms with E-state index in [1.165, 1.54) is 12.1 Å². The highest BCUT2D eigenvalue weighted by Crippen LogP contribution is 2.38. The van der Waals surface area contributed by atoms with Crippen molar-refractivity contribution in [2.45, 2.75) is 19.3 Å². The van der Waals surface area contributed by atoms with Gasteiger partial charge in [-0.2, -0.15) is 0 Å². The summed E-state index contributed by atoms with van der Waals surface area (Å²) in [6.07, 6.45) is 0.443. The zero-order chi connectivity index (χ0) is 9.59. The van der Waals surface area contributed by atoms with Gasteiger partial charge in [-0.1, -0.05) is 18.5 Å². The van der Waals surface area contributed by atoms with Gasteiger partial charge in [-0.15, -0.1) is 0 Å². The molecule has 0 amide bonds. The van der Waals surface area contributed by atoms with Gasteiger partial charge in [0.15, 0.2) is 5.78 Å². The Balaban J connectivity index is 2.70. The van der Waals surface area contributed by atoms with E-state index in [0.29, 0.717) is 17.5 Å². The first-order valence-corrected chi connectivity index (χ1v) is 4.50. The van der Waals surface area contributed by atoms with Crippen molar-refractivity contribution in [3.8, 4) is 0 Å². The van der Waals surface area contributed by atoms with Gasteiger partial charge >= 0.3 is 0 Å². The van der Waals surface area contributed by atoms with Crippen molar-refractivity contribution in [3.63, 3.8) is 0 Å². The van der Waals surface area contributed by atoms with Crippen LogP contribution in [0.3, 0.4) is 0 Å². The first kappa shape index (κ1) is 8.70. The summed E-state index contributed by atoms with van der Waals surface area (Å²) in [4.78, 5) is 11.4. The van der Waals surface area contributed by atoms with Crippen molar-refractivity contribution in [2.24, 2.45) is 0 Å². The Kier molecular flexibility index (Phi) is 1.88. The molecule has 2 rings (SSSR count). The number of carbonyl (C=O) groups excluding carboxylic acids is 1. The highest BCUT2D eigenvalue weighted by atomic mass is 35.5. The molecule has 0 saturated carbocycles. The second kappa shape index (κ2) is 2.81. The van der Waals surface area contributed by atoms with Crippen molar-refractivity contribution in [2.75, 3.05) is 0 Å². The maximum Gasteiger partial charge on any atom is 0.163 e. The molecule has 1 aromatic rings. The molecule has 0 aromatic heterocycles. The Morgan fingerprint density at radius 1 is 1.54 bits per heavy atom. The topological polar surface area (TPSA) is 17.1 Å². The molecule has 1 aromatic carbocycles. The van der Waals surface area contributed by atoms with Crippen LogP contribution in [0.2, 0.25) is 5.02 Å². The maximum atomic E-state index is 13.0. The van der Waals surface area contributed by atoms with Crippen LogP contribution in [-0.4, -0.2) is 5.78 Å². The zero-order valence-electron chi connectivity index (χ0n) is 7.10. The number of fused-ring (bicyclic) bond motifs is 1. The molecule has 68 valence electrons. The minimum atomic E-state index is -0.443. The molecule has 0 saturated heterocycles. The van der Waals surface area contributed by atoms with E-state index in [1.807, 2.05) is 6.92 Å². The van der Waals surface area contributed by atoms with Gasteiger partial charge < -0.3 is 0 Å². The molecule has 3 heteroatoms. The number of Topliss-reactive ketones (excluding diaryl/α,β-unsaturated/α-hetero) is 1. The van der Waals surface area contributed by atoms with Gasteiger partial charge in [0.1, 0.15) is 5.82 Å². The van der Waals surface area contributed by atoms with Crippen LogP contribution >= 0.6 is 11.6 Å². The molecular weight excluding hydrogens is 191 g/mol. The molecule has 1 atom stereocenters. The molecule has 0 radical (unpaired) electrons. The van der Waals surface area contributed by atoms with Crippen LogP contribution in [0.1, 0.15) is 35.2 Å². The standard InChI is InChI=1S/C10H8ClFO/c1-5-4-8(13)6-2-3-7(12)10(11)9(5)6/h2-3,5H,4H2,1H3. The minimum Gasteiger partial charge on any atom is -0.294 e. The fourth-order valence-electron chi connectivity index (χ4n) is 1.78. The summed E-state index contributed by atoms with van der Waals surface area (Å²) < 4.78 is 13.0. The van der Waals surface area contributed by atoms with Crippen LogP contribution < -0.4 is 0 Å². The molecule has 1 unspecified atom stereocenters. The van der Waals surface area contributed by atoms with E-state index < -0.39 is 5.82 Å². The lowest BCUT2D eigenvalue weighted by Gasteiger charge is -2.05. The molecule has 0 heterocycles. The average molecular weight is 199 g/mol. The van der Waals surface area contributed by atoms with Gasteiger partial charge in [-0.05, 0) is 23.6 Å².